The summed E-state index contributed by atoms with van der Waals surface area (Å²) in [4.78, 5) is 0. The van der Waals surface area contributed by atoms with E-state index in [2.05, 4.69) is 5.32 Å². The summed E-state index contributed by atoms with van der Waals surface area (Å²) in [6.45, 7) is 3.02. The van der Waals surface area contributed by atoms with Crippen molar-refractivity contribution in [3.05, 3.63) is 65.1 Å². The Kier molecular flexibility index (Phi) is 5.93. The third-order valence-electron chi connectivity index (χ3n) is 4.68. The number of hydrogen-bond donors (Lipinski definition) is 1. The number of ether oxygens (including phenoxy) is 1. The first kappa shape index (κ1) is 20.2. The van der Waals surface area contributed by atoms with Gasteiger partial charge in [0, 0.05) is 29.8 Å². The molecule has 1 N–H and O–H groups in total. The highest BCUT2D eigenvalue weighted by Gasteiger charge is 2.33. The number of nitrogens with zero attached hydrogens (tertiary/aromatic N) is 1. The lowest BCUT2D eigenvalue weighted by atomic mass is 10.1. The van der Waals surface area contributed by atoms with Crippen LogP contribution in [-0.4, -0.2) is 18.2 Å². The Bertz CT molecular complexity index is 963. The number of halogens is 4. The zero-order valence-electron chi connectivity index (χ0n) is 15.7. The number of alkyl halides is 3. The number of benzene rings is 2. The quantitative estimate of drug-likeness (QED) is 0.560. The van der Waals surface area contributed by atoms with Gasteiger partial charge in [0.2, 0.25) is 0 Å². The Labute approximate surface area is 160 Å². The molecule has 3 rings (SSSR count). The normalized spacial score (nSPS) is 11.9. The summed E-state index contributed by atoms with van der Waals surface area (Å²) in [5.74, 6) is -0.232. The summed E-state index contributed by atoms with van der Waals surface area (Å²) < 4.78 is 61.5. The molecule has 1 aromatic heterocycles. The van der Waals surface area contributed by atoms with E-state index < -0.39 is 17.6 Å². The number of rotatable bonds is 7. The molecule has 1 heterocycles. The third-order valence-corrected chi connectivity index (χ3v) is 4.68. The number of nitrogens with one attached hydrogen (secondary N) is 1. The van der Waals surface area contributed by atoms with Crippen molar-refractivity contribution in [2.24, 2.45) is 0 Å². The van der Waals surface area contributed by atoms with Gasteiger partial charge in [0.15, 0.2) is 0 Å². The van der Waals surface area contributed by atoms with Gasteiger partial charge >= 0.3 is 6.18 Å². The predicted octanol–water partition coefficient (Wildman–Crippen LogP) is 5.16. The van der Waals surface area contributed by atoms with Crippen molar-refractivity contribution in [1.29, 1.82) is 0 Å². The molecule has 150 valence electrons. The summed E-state index contributed by atoms with van der Waals surface area (Å²) in [7, 11) is 1.84. The van der Waals surface area contributed by atoms with Crippen LogP contribution in [0.25, 0.3) is 10.9 Å². The number of likely N-dealkylation sites (N-methyl/N-ethyl adjacent to an activating group) is 1. The monoisotopic (exact) mass is 394 g/mol. The van der Waals surface area contributed by atoms with Crippen LogP contribution in [0.15, 0.2) is 42.6 Å². The molecule has 7 heteroatoms. The second-order valence-electron chi connectivity index (χ2n) is 6.54. The van der Waals surface area contributed by atoms with E-state index >= 15 is 0 Å². The fraction of sp³-hybridized carbons (Fsp3) is 0.333. The Balaban J connectivity index is 2.01. The van der Waals surface area contributed by atoms with Crippen molar-refractivity contribution >= 4 is 10.9 Å². The zero-order valence-corrected chi connectivity index (χ0v) is 15.7. The van der Waals surface area contributed by atoms with E-state index in [-0.39, 0.29) is 17.9 Å². The van der Waals surface area contributed by atoms with Gasteiger partial charge in [-0.3, -0.25) is 0 Å². The summed E-state index contributed by atoms with van der Waals surface area (Å²) >= 11 is 0. The minimum absolute atomic E-state index is 0.0131. The van der Waals surface area contributed by atoms with Gasteiger partial charge in [-0.25, -0.2) is 4.39 Å². The minimum Gasteiger partial charge on any atom is -0.488 e. The van der Waals surface area contributed by atoms with E-state index in [0.717, 1.165) is 23.6 Å². The van der Waals surface area contributed by atoms with Crippen LogP contribution in [0, 0.1) is 5.82 Å². The molecule has 0 radical (unpaired) electrons. The van der Waals surface area contributed by atoms with Crippen molar-refractivity contribution in [2.75, 3.05) is 13.6 Å². The predicted molar refractivity (Wildman–Crippen MR) is 101 cm³/mol. The topological polar surface area (TPSA) is 26.2 Å². The summed E-state index contributed by atoms with van der Waals surface area (Å²) in [6.07, 6.45) is -1.83. The molecule has 0 atom stereocenters. The smallest absolute Gasteiger partial charge is 0.416 e. The standard InChI is InChI=1S/C21H22F4N2O/c1-3-27-12-14(8-9-26-2)20-18(27)10-16(22)11-19(20)28-13-15-6-4-5-7-17(15)21(23,24)25/h4-7,10-12,26H,3,8-9,13H2,1-2H3. The molecule has 0 unspecified atom stereocenters. The third kappa shape index (κ3) is 4.14. The van der Waals surface area contributed by atoms with E-state index in [4.69, 9.17) is 4.74 Å². The number of fused-ring (bicyclic) bond motifs is 1. The average molecular weight is 394 g/mol. The largest absolute Gasteiger partial charge is 0.488 e. The average Bonchev–Trinajstić information content (AvgIpc) is 3.01. The fourth-order valence-corrected chi connectivity index (χ4v) is 3.34. The summed E-state index contributed by atoms with van der Waals surface area (Å²) in [5.41, 5.74) is 0.904. The number of hydrogen-bond acceptors (Lipinski definition) is 2. The fourth-order valence-electron chi connectivity index (χ4n) is 3.34. The number of aromatic nitrogens is 1. The van der Waals surface area contributed by atoms with Crippen LogP contribution in [0.4, 0.5) is 17.6 Å². The first-order valence-corrected chi connectivity index (χ1v) is 9.09. The van der Waals surface area contributed by atoms with Crippen LogP contribution in [0.1, 0.15) is 23.6 Å². The highest BCUT2D eigenvalue weighted by Crippen LogP contribution is 2.35. The Morgan fingerprint density at radius 1 is 1.11 bits per heavy atom. The van der Waals surface area contributed by atoms with Crippen LogP contribution in [0.3, 0.4) is 0 Å². The maximum Gasteiger partial charge on any atom is 0.416 e. The van der Waals surface area contributed by atoms with Crippen LogP contribution in [0.2, 0.25) is 0 Å². The first-order valence-electron chi connectivity index (χ1n) is 9.09. The van der Waals surface area contributed by atoms with Crippen LogP contribution >= 0.6 is 0 Å². The summed E-state index contributed by atoms with van der Waals surface area (Å²) in [5, 5.41) is 3.81. The van der Waals surface area contributed by atoms with E-state index in [1.165, 1.54) is 30.3 Å². The molecule has 0 aliphatic heterocycles. The van der Waals surface area contributed by atoms with Crippen molar-refractivity contribution in [3.8, 4) is 5.75 Å². The Morgan fingerprint density at radius 3 is 2.54 bits per heavy atom. The van der Waals surface area contributed by atoms with Gasteiger partial charge in [0.1, 0.15) is 18.2 Å². The molecular weight excluding hydrogens is 372 g/mol. The second kappa shape index (κ2) is 8.22. The second-order valence-corrected chi connectivity index (χ2v) is 6.54. The highest BCUT2D eigenvalue weighted by molar-refractivity contribution is 5.90. The molecule has 3 aromatic rings. The van der Waals surface area contributed by atoms with Gasteiger partial charge in [0.05, 0.1) is 11.1 Å². The van der Waals surface area contributed by atoms with Crippen molar-refractivity contribution in [1.82, 2.24) is 9.88 Å². The van der Waals surface area contributed by atoms with Gasteiger partial charge in [-0.2, -0.15) is 13.2 Å². The maximum absolute atomic E-state index is 14.2. The molecule has 0 saturated heterocycles. The Morgan fingerprint density at radius 2 is 1.86 bits per heavy atom. The molecule has 3 nitrogen and oxygen atoms in total. The van der Waals surface area contributed by atoms with E-state index in [9.17, 15) is 17.6 Å². The first-order chi connectivity index (χ1) is 13.3. The molecule has 0 aliphatic carbocycles. The SMILES string of the molecule is CCn1cc(CCNC)c2c(OCc3ccccc3C(F)(F)F)cc(F)cc21. The molecule has 0 amide bonds. The Hall–Kier alpha value is -2.54. The van der Waals surface area contributed by atoms with E-state index in [0.29, 0.717) is 18.5 Å². The zero-order chi connectivity index (χ0) is 20.3. The van der Waals surface area contributed by atoms with Gasteiger partial charge in [0.25, 0.3) is 0 Å². The molecule has 0 bridgehead atoms. The van der Waals surface area contributed by atoms with Crippen molar-refractivity contribution in [3.63, 3.8) is 0 Å². The lowest BCUT2D eigenvalue weighted by Crippen LogP contribution is -2.11. The highest BCUT2D eigenvalue weighted by atomic mass is 19.4. The van der Waals surface area contributed by atoms with Gasteiger partial charge in [-0.1, -0.05) is 18.2 Å². The molecule has 0 spiro atoms. The van der Waals surface area contributed by atoms with Gasteiger partial charge in [-0.05, 0) is 44.6 Å². The molecule has 2 aromatic carbocycles. The lowest BCUT2D eigenvalue weighted by molar-refractivity contribution is -0.138. The van der Waals surface area contributed by atoms with Gasteiger partial charge < -0.3 is 14.6 Å². The van der Waals surface area contributed by atoms with Crippen molar-refractivity contribution < 1.29 is 22.3 Å². The minimum atomic E-state index is -4.47. The van der Waals surface area contributed by atoms with E-state index in [1.807, 2.05) is 24.7 Å². The summed E-state index contributed by atoms with van der Waals surface area (Å²) in [6, 6.07) is 7.93. The maximum atomic E-state index is 14.2. The lowest BCUT2D eigenvalue weighted by Gasteiger charge is -2.15. The number of aryl methyl sites for hydroxylation is 1. The molecule has 0 aliphatic rings. The molecular formula is C21H22F4N2O. The van der Waals surface area contributed by atoms with Crippen molar-refractivity contribution in [2.45, 2.75) is 32.7 Å². The van der Waals surface area contributed by atoms with E-state index in [1.54, 1.807) is 0 Å². The van der Waals surface area contributed by atoms with Gasteiger partial charge in [-0.15, -0.1) is 0 Å². The molecule has 0 fully saturated rings. The van der Waals surface area contributed by atoms with Crippen LogP contribution in [-0.2, 0) is 25.7 Å². The van der Waals surface area contributed by atoms with Crippen LogP contribution in [0.5, 0.6) is 5.75 Å². The molecule has 0 saturated carbocycles. The molecule has 28 heavy (non-hydrogen) atoms. The van der Waals surface area contributed by atoms with Crippen LogP contribution < -0.4 is 10.1 Å².